The number of nitrogens with one attached hydrogen (secondary N) is 1. The minimum absolute atomic E-state index is 0.0801. The summed E-state index contributed by atoms with van der Waals surface area (Å²) in [5.74, 6) is -0.0151. The Labute approximate surface area is 123 Å². The Hall–Kier alpha value is -1.32. The smallest absolute Gasteiger partial charge is 0.274 e. The summed E-state index contributed by atoms with van der Waals surface area (Å²) >= 11 is 0. The molecule has 3 N–H and O–H groups in total. The highest BCUT2D eigenvalue weighted by Crippen LogP contribution is 2.24. The zero-order valence-electron chi connectivity index (χ0n) is 11.9. The Morgan fingerprint density at radius 2 is 2.29 bits per heavy atom. The Bertz CT molecular complexity index is 595. The van der Waals surface area contributed by atoms with Crippen LogP contribution >= 0.6 is 0 Å². The van der Waals surface area contributed by atoms with Crippen molar-refractivity contribution in [1.82, 2.24) is 14.7 Å². The maximum Gasteiger partial charge on any atom is 0.274 e. The van der Waals surface area contributed by atoms with E-state index in [2.05, 4.69) is 14.7 Å². The van der Waals surface area contributed by atoms with E-state index < -0.39 is 10.2 Å². The van der Waals surface area contributed by atoms with Crippen molar-refractivity contribution < 1.29 is 12.8 Å². The molecular formula is C12H20FN5O2S. The van der Waals surface area contributed by atoms with Crippen LogP contribution in [0.5, 0.6) is 0 Å². The Balaban J connectivity index is 2.07. The molecule has 1 aliphatic rings. The fraction of sp³-hybridized carbons (Fsp3) is 0.667. The minimum Gasteiger partial charge on any atom is -0.354 e. The Morgan fingerprint density at radius 3 is 2.95 bits per heavy atom. The summed E-state index contributed by atoms with van der Waals surface area (Å²) < 4.78 is 38.4. The lowest BCUT2D eigenvalue weighted by molar-refractivity contribution is 0.405. The van der Waals surface area contributed by atoms with Gasteiger partial charge in [0.05, 0.1) is 5.69 Å². The van der Waals surface area contributed by atoms with Crippen molar-refractivity contribution in [3.8, 4) is 0 Å². The molecule has 0 saturated carbocycles. The van der Waals surface area contributed by atoms with Gasteiger partial charge in [-0.05, 0) is 25.2 Å². The molecule has 7 nitrogen and oxygen atoms in total. The van der Waals surface area contributed by atoms with Crippen LogP contribution in [0.3, 0.4) is 0 Å². The molecular weight excluding hydrogens is 297 g/mol. The monoisotopic (exact) mass is 317 g/mol. The summed E-state index contributed by atoms with van der Waals surface area (Å²) in [7, 11) is -3.69. The number of rotatable bonds is 5. The third kappa shape index (κ3) is 4.32. The average Bonchev–Trinajstić information content (AvgIpc) is 2.45. The molecule has 0 radical (unpaired) electrons. The molecule has 118 valence electrons. The summed E-state index contributed by atoms with van der Waals surface area (Å²) in [5, 5.41) is 4.93. The first-order valence-electron chi connectivity index (χ1n) is 6.92. The van der Waals surface area contributed by atoms with E-state index in [0.717, 1.165) is 12.8 Å². The third-order valence-electron chi connectivity index (χ3n) is 3.57. The number of halogens is 1. The van der Waals surface area contributed by atoms with Crippen LogP contribution in [-0.2, 0) is 16.6 Å². The van der Waals surface area contributed by atoms with Gasteiger partial charge < -0.3 is 4.90 Å². The van der Waals surface area contributed by atoms with Crippen molar-refractivity contribution in [3.63, 3.8) is 0 Å². The van der Waals surface area contributed by atoms with Crippen LogP contribution in [0.15, 0.2) is 6.33 Å². The van der Waals surface area contributed by atoms with Crippen molar-refractivity contribution in [3.05, 3.63) is 17.8 Å². The minimum atomic E-state index is -3.69. The molecule has 1 aliphatic heterocycles. The van der Waals surface area contributed by atoms with E-state index in [1.807, 2.05) is 11.8 Å². The number of piperidine rings is 1. The number of hydrogen-bond acceptors (Lipinski definition) is 5. The summed E-state index contributed by atoms with van der Waals surface area (Å²) in [6.45, 7) is 3.33. The van der Waals surface area contributed by atoms with Gasteiger partial charge in [-0.3, -0.25) is 0 Å². The lowest BCUT2D eigenvalue weighted by Gasteiger charge is -2.33. The topological polar surface area (TPSA) is 101 Å². The van der Waals surface area contributed by atoms with Crippen LogP contribution in [0, 0.1) is 11.7 Å². The van der Waals surface area contributed by atoms with Crippen molar-refractivity contribution >= 4 is 16.0 Å². The number of hydrogen-bond donors (Lipinski definition) is 2. The van der Waals surface area contributed by atoms with Gasteiger partial charge in [-0.1, -0.05) is 6.92 Å². The molecule has 0 spiro atoms. The fourth-order valence-electron chi connectivity index (χ4n) is 2.52. The second-order valence-electron chi connectivity index (χ2n) is 5.16. The Kier molecular flexibility index (Phi) is 5.07. The van der Waals surface area contributed by atoms with Crippen molar-refractivity contribution in [2.24, 2.45) is 11.1 Å². The molecule has 0 aromatic carbocycles. The molecule has 9 heteroatoms. The first kappa shape index (κ1) is 16.1. The highest BCUT2D eigenvalue weighted by molar-refractivity contribution is 7.87. The highest BCUT2D eigenvalue weighted by atomic mass is 32.2. The summed E-state index contributed by atoms with van der Waals surface area (Å²) in [6, 6.07) is 0. The van der Waals surface area contributed by atoms with E-state index in [9.17, 15) is 12.8 Å². The second-order valence-corrected chi connectivity index (χ2v) is 6.54. The van der Waals surface area contributed by atoms with Crippen LogP contribution in [0.2, 0.25) is 0 Å². The first-order chi connectivity index (χ1) is 9.90. The molecule has 1 aromatic heterocycles. The van der Waals surface area contributed by atoms with Gasteiger partial charge in [0.1, 0.15) is 6.33 Å². The molecule has 1 fully saturated rings. The van der Waals surface area contributed by atoms with Gasteiger partial charge in [0, 0.05) is 19.6 Å². The van der Waals surface area contributed by atoms with Crippen LogP contribution in [0.25, 0.3) is 0 Å². The van der Waals surface area contributed by atoms with Crippen LogP contribution in [0.4, 0.5) is 10.2 Å². The molecule has 0 bridgehead atoms. The van der Waals surface area contributed by atoms with E-state index in [0.29, 0.717) is 31.0 Å². The van der Waals surface area contributed by atoms with E-state index in [1.165, 1.54) is 6.33 Å². The lowest BCUT2D eigenvalue weighted by Crippen LogP contribution is -2.43. The molecule has 2 rings (SSSR count). The second kappa shape index (κ2) is 6.63. The van der Waals surface area contributed by atoms with Gasteiger partial charge >= 0.3 is 0 Å². The fourth-order valence-corrected chi connectivity index (χ4v) is 2.99. The summed E-state index contributed by atoms with van der Waals surface area (Å²) in [4.78, 5) is 9.79. The Morgan fingerprint density at radius 1 is 1.52 bits per heavy atom. The molecule has 1 saturated heterocycles. The highest BCUT2D eigenvalue weighted by Gasteiger charge is 2.24. The van der Waals surface area contributed by atoms with Crippen molar-refractivity contribution in [1.29, 1.82) is 0 Å². The molecule has 1 aromatic rings. The molecule has 0 aliphatic carbocycles. The SMILES string of the molecule is CCc1ncnc(N2CCCC(CNS(N)(=O)=O)C2)c1F. The van der Waals surface area contributed by atoms with Gasteiger partial charge in [0.2, 0.25) is 0 Å². The standard InChI is InChI=1S/C12H20FN5O2S/c1-2-10-11(13)12(16-8-15-10)18-5-3-4-9(7-18)6-17-21(14,19)20/h8-9,17H,2-7H2,1H3,(H2,14,19,20). The average molecular weight is 317 g/mol. The van der Waals surface area contributed by atoms with Gasteiger partial charge in [0.25, 0.3) is 10.2 Å². The predicted octanol–water partition coefficient (Wildman–Crippen LogP) is 0.188. The van der Waals surface area contributed by atoms with E-state index in [1.54, 1.807) is 0 Å². The van der Waals surface area contributed by atoms with Crippen molar-refractivity contribution in [2.45, 2.75) is 26.2 Å². The lowest BCUT2D eigenvalue weighted by atomic mass is 9.98. The zero-order chi connectivity index (χ0) is 15.5. The normalized spacial score (nSPS) is 19.8. The maximum atomic E-state index is 14.3. The number of anilines is 1. The maximum absolute atomic E-state index is 14.3. The molecule has 2 heterocycles. The first-order valence-corrected chi connectivity index (χ1v) is 8.47. The summed E-state index contributed by atoms with van der Waals surface area (Å²) in [5.41, 5.74) is 0.393. The van der Waals surface area contributed by atoms with Crippen LogP contribution < -0.4 is 14.8 Å². The largest absolute Gasteiger partial charge is 0.354 e. The van der Waals surface area contributed by atoms with E-state index >= 15 is 0 Å². The number of aromatic nitrogens is 2. The van der Waals surface area contributed by atoms with Gasteiger partial charge in [0.15, 0.2) is 11.6 Å². The number of nitrogens with two attached hydrogens (primary N) is 1. The van der Waals surface area contributed by atoms with Gasteiger partial charge in [-0.2, -0.15) is 8.42 Å². The van der Waals surface area contributed by atoms with Crippen LogP contribution in [0.1, 0.15) is 25.5 Å². The zero-order valence-corrected chi connectivity index (χ0v) is 12.7. The van der Waals surface area contributed by atoms with E-state index in [-0.39, 0.29) is 18.3 Å². The molecule has 1 unspecified atom stereocenters. The molecule has 0 amide bonds. The summed E-state index contributed by atoms with van der Waals surface area (Å²) in [6.07, 6.45) is 3.59. The third-order valence-corrected chi connectivity index (χ3v) is 4.14. The number of aryl methyl sites for hydroxylation is 1. The van der Waals surface area contributed by atoms with Gasteiger partial charge in [-0.25, -0.2) is 24.2 Å². The number of nitrogens with zero attached hydrogens (tertiary/aromatic N) is 3. The van der Waals surface area contributed by atoms with Gasteiger partial charge in [-0.15, -0.1) is 0 Å². The van der Waals surface area contributed by atoms with E-state index in [4.69, 9.17) is 5.14 Å². The molecule has 1 atom stereocenters. The van der Waals surface area contributed by atoms with Crippen molar-refractivity contribution in [2.75, 3.05) is 24.5 Å². The molecule has 21 heavy (non-hydrogen) atoms. The quantitative estimate of drug-likeness (QED) is 0.807. The predicted molar refractivity (Wildman–Crippen MR) is 77.4 cm³/mol. The van der Waals surface area contributed by atoms with Crippen LogP contribution in [-0.4, -0.2) is 38.0 Å².